The molecule has 0 radical (unpaired) electrons. The molecule has 0 bridgehead atoms. The van der Waals surface area contributed by atoms with E-state index in [2.05, 4.69) is 10.0 Å². The molecule has 2 fully saturated rings. The van der Waals surface area contributed by atoms with Crippen molar-refractivity contribution in [1.29, 1.82) is 0 Å². The lowest BCUT2D eigenvalue weighted by molar-refractivity contribution is 0.281. The molecule has 6 heteroatoms. The molecule has 0 aromatic carbocycles. The molecule has 2 aliphatic rings. The average Bonchev–Trinajstić information content (AvgIpc) is 3.11. The van der Waals surface area contributed by atoms with Gasteiger partial charge in [-0.15, -0.1) is 0 Å². The highest BCUT2D eigenvalue weighted by Crippen LogP contribution is 2.30. The van der Waals surface area contributed by atoms with Crippen LogP contribution in [-0.2, 0) is 10.2 Å². The van der Waals surface area contributed by atoms with Crippen molar-refractivity contribution in [2.75, 3.05) is 26.7 Å². The molecule has 1 aliphatic heterocycles. The maximum absolute atomic E-state index is 11.9. The monoisotopic (exact) mass is 247 g/mol. The Hall–Kier alpha value is -0.170. The zero-order valence-corrected chi connectivity index (χ0v) is 10.6. The summed E-state index contributed by atoms with van der Waals surface area (Å²) in [7, 11) is -1.74. The predicted molar refractivity (Wildman–Crippen MR) is 63.3 cm³/mol. The maximum Gasteiger partial charge on any atom is 0.279 e. The largest absolute Gasteiger partial charge is 0.317 e. The number of rotatable bonds is 5. The molecular weight excluding hydrogens is 226 g/mol. The van der Waals surface area contributed by atoms with Crippen molar-refractivity contribution in [3.63, 3.8) is 0 Å². The van der Waals surface area contributed by atoms with Crippen molar-refractivity contribution < 1.29 is 8.42 Å². The van der Waals surface area contributed by atoms with Gasteiger partial charge in [-0.05, 0) is 44.7 Å². The minimum absolute atomic E-state index is 0.257. The molecule has 0 amide bonds. The van der Waals surface area contributed by atoms with Gasteiger partial charge in [0.1, 0.15) is 0 Å². The van der Waals surface area contributed by atoms with Crippen LogP contribution in [0.3, 0.4) is 0 Å². The molecule has 1 heterocycles. The van der Waals surface area contributed by atoms with E-state index in [1.165, 1.54) is 7.05 Å². The van der Waals surface area contributed by atoms with Gasteiger partial charge in [-0.1, -0.05) is 0 Å². The van der Waals surface area contributed by atoms with Crippen LogP contribution in [0.4, 0.5) is 0 Å². The Balaban J connectivity index is 1.97. The first-order valence-corrected chi connectivity index (χ1v) is 7.48. The Bertz CT molecular complexity index is 321. The summed E-state index contributed by atoms with van der Waals surface area (Å²) < 4.78 is 27.8. The van der Waals surface area contributed by atoms with Gasteiger partial charge in [0.25, 0.3) is 10.2 Å². The minimum Gasteiger partial charge on any atom is -0.317 e. The van der Waals surface area contributed by atoms with E-state index in [0.29, 0.717) is 12.5 Å². The molecule has 5 nitrogen and oxygen atoms in total. The Morgan fingerprint density at radius 3 is 2.38 bits per heavy atom. The first-order valence-electron chi connectivity index (χ1n) is 6.04. The first-order chi connectivity index (χ1) is 7.63. The smallest absolute Gasteiger partial charge is 0.279 e. The Labute approximate surface area is 97.8 Å². The molecule has 2 rings (SSSR count). The fourth-order valence-corrected chi connectivity index (χ4v) is 3.49. The first kappa shape index (κ1) is 12.3. The van der Waals surface area contributed by atoms with Crippen LogP contribution in [0, 0.1) is 5.92 Å². The Morgan fingerprint density at radius 2 is 1.88 bits per heavy atom. The van der Waals surface area contributed by atoms with Crippen molar-refractivity contribution in [2.45, 2.75) is 31.7 Å². The number of nitrogens with one attached hydrogen (secondary N) is 2. The minimum atomic E-state index is -3.23. The molecule has 0 unspecified atom stereocenters. The molecule has 0 spiro atoms. The highest BCUT2D eigenvalue weighted by Gasteiger charge is 2.37. The van der Waals surface area contributed by atoms with E-state index in [0.717, 1.165) is 38.8 Å². The fraction of sp³-hybridized carbons (Fsp3) is 1.00. The van der Waals surface area contributed by atoms with Gasteiger partial charge in [-0.2, -0.15) is 12.7 Å². The quantitative estimate of drug-likeness (QED) is 0.714. The summed E-state index contributed by atoms with van der Waals surface area (Å²) in [5.41, 5.74) is 0. The van der Waals surface area contributed by atoms with Crippen LogP contribution in [0.25, 0.3) is 0 Å². The summed E-state index contributed by atoms with van der Waals surface area (Å²) >= 11 is 0. The lowest BCUT2D eigenvalue weighted by Crippen LogP contribution is -2.44. The average molecular weight is 247 g/mol. The zero-order chi connectivity index (χ0) is 11.6. The van der Waals surface area contributed by atoms with Gasteiger partial charge in [0.2, 0.25) is 0 Å². The van der Waals surface area contributed by atoms with Crippen LogP contribution >= 0.6 is 0 Å². The topological polar surface area (TPSA) is 61.4 Å². The van der Waals surface area contributed by atoms with Gasteiger partial charge in [0.05, 0.1) is 0 Å². The number of nitrogens with zero attached hydrogens (tertiary/aromatic N) is 1. The molecule has 1 aliphatic carbocycles. The third-order valence-electron chi connectivity index (χ3n) is 3.42. The molecule has 0 aromatic rings. The van der Waals surface area contributed by atoms with Crippen molar-refractivity contribution in [3.05, 3.63) is 0 Å². The number of piperidine rings is 1. The summed E-state index contributed by atoms with van der Waals surface area (Å²) in [6.45, 7) is 2.72. The summed E-state index contributed by atoms with van der Waals surface area (Å²) in [6.07, 6.45) is 4.21. The second-order valence-corrected chi connectivity index (χ2v) is 6.53. The van der Waals surface area contributed by atoms with E-state index in [1.807, 2.05) is 0 Å². The predicted octanol–water partition coefficient (Wildman–Crippen LogP) is -0.0854. The van der Waals surface area contributed by atoms with Crippen LogP contribution in [0.1, 0.15) is 25.7 Å². The van der Waals surface area contributed by atoms with Crippen LogP contribution in [0.15, 0.2) is 0 Å². The SMILES string of the molecule is CNS(=O)(=O)N(CC1CCNCC1)C1CC1. The summed E-state index contributed by atoms with van der Waals surface area (Å²) in [4.78, 5) is 0. The highest BCUT2D eigenvalue weighted by atomic mass is 32.2. The summed E-state index contributed by atoms with van der Waals surface area (Å²) in [6, 6.07) is 0.257. The molecule has 0 aromatic heterocycles. The van der Waals surface area contributed by atoms with E-state index < -0.39 is 10.2 Å². The van der Waals surface area contributed by atoms with Gasteiger partial charge >= 0.3 is 0 Å². The van der Waals surface area contributed by atoms with Gasteiger partial charge < -0.3 is 5.32 Å². The zero-order valence-electron chi connectivity index (χ0n) is 9.78. The maximum atomic E-state index is 11.9. The van der Waals surface area contributed by atoms with Crippen LogP contribution < -0.4 is 10.0 Å². The second kappa shape index (κ2) is 5.00. The van der Waals surface area contributed by atoms with E-state index in [1.54, 1.807) is 4.31 Å². The lowest BCUT2D eigenvalue weighted by Gasteiger charge is -2.29. The van der Waals surface area contributed by atoms with Crippen LogP contribution in [0.5, 0.6) is 0 Å². The molecule has 2 N–H and O–H groups in total. The third-order valence-corrected chi connectivity index (χ3v) is 5.00. The second-order valence-electron chi connectivity index (χ2n) is 4.70. The van der Waals surface area contributed by atoms with E-state index in [9.17, 15) is 8.42 Å². The summed E-state index contributed by atoms with van der Waals surface area (Å²) in [5, 5.41) is 3.30. The van der Waals surface area contributed by atoms with Crippen molar-refractivity contribution >= 4 is 10.2 Å². The van der Waals surface area contributed by atoms with Gasteiger partial charge in [-0.3, -0.25) is 0 Å². The molecule has 0 atom stereocenters. The van der Waals surface area contributed by atoms with E-state index in [-0.39, 0.29) is 6.04 Å². The normalized spacial score (nSPS) is 23.9. The molecule has 94 valence electrons. The van der Waals surface area contributed by atoms with Crippen LogP contribution in [0.2, 0.25) is 0 Å². The van der Waals surface area contributed by atoms with Gasteiger partial charge in [-0.25, -0.2) is 4.72 Å². The fourth-order valence-electron chi connectivity index (χ4n) is 2.24. The number of hydrogen-bond acceptors (Lipinski definition) is 3. The molecule has 1 saturated heterocycles. The Morgan fingerprint density at radius 1 is 1.25 bits per heavy atom. The molecule has 16 heavy (non-hydrogen) atoms. The number of hydrogen-bond donors (Lipinski definition) is 2. The van der Waals surface area contributed by atoms with Gasteiger partial charge in [0.15, 0.2) is 0 Å². The van der Waals surface area contributed by atoms with Gasteiger partial charge in [0, 0.05) is 19.6 Å². The lowest BCUT2D eigenvalue weighted by atomic mass is 9.98. The van der Waals surface area contributed by atoms with E-state index in [4.69, 9.17) is 0 Å². The Kier molecular flexibility index (Phi) is 3.84. The molecular formula is C10H21N3O2S. The van der Waals surface area contributed by atoms with Crippen molar-refractivity contribution in [1.82, 2.24) is 14.3 Å². The van der Waals surface area contributed by atoms with Crippen molar-refractivity contribution in [3.8, 4) is 0 Å². The van der Waals surface area contributed by atoms with Crippen LogP contribution in [-0.4, -0.2) is 45.4 Å². The standard InChI is InChI=1S/C10H21N3O2S/c1-11-16(14,15)13(10-2-3-10)8-9-4-6-12-7-5-9/h9-12H,2-8H2,1H3. The summed E-state index contributed by atoms with van der Waals surface area (Å²) in [5.74, 6) is 0.518. The molecule has 1 saturated carbocycles. The van der Waals surface area contributed by atoms with Crippen molar-refractivity contribution in [2.24, 2.45) is 5.92 Å². The van der Waals surface area contributed by atoms with E-state index >= 15 is 0 Å². The highest BCUT2D eigenvalue weighted by molar-refractivity contribution is 7.87. The third kappa shape index (κ3) is 2.94.